The molecule has 7 nitrogen and oxygen atoms in total. The molecule has 0 unspecified atom stereocenters. The zero-order chi connectivity index (χ0) is 25.2. The first-order valence-corrected chi connectivity index (χ1v) is 12.6. The van der Waals surface area contributed by atoms with Crippen molar-refractivity contribution in [2.45, 2.75) is 39.1 Å². The first-order chi connectivity index (χ1) is 17.0. The molecular formula is C27H32N2O5S. The lowest BCUT2D eigenvalue weighted by Crippen LogP contribution is -2.30. The van der Waals surface area contributed by atoms with Gasteiger partial charge in [-0.05, 0) is 68.2 Å². The Morgan fingerprint density at radius 3 is 2.57 bits per heavy atom. The fraction of sp³-hybridized carbons (Fsp3) is 0.333. The quantitative estimate of drug-likeness (QED) is 0.245. The molecular weight excluding hydrogens is 464 g/mol. The van der Waals surface area contributed by atoms with E-state index in [4.69, 9.17) is 14.2 Å². The molecule has 1 aliphatic heterocycles. The van der Waals surface area contributed by atoms with Crippen LogP contribution in [0.3, 0.4) is 0 Å². The highest BCUT2D eigenvalue weighted by Crippen LogP contribution is 2.36. The molecule has 8 heteroatoms. The minimum Gasteiger partial charge on any atom is -0.490 e. The number of benzene rings is 2. The van der Waals surface area contributed by atoms with E-state index in [0.29, 0.717) is 29.4 Å². The van der Waals surface area contributed by atoms with Crippen molar-refractivity contribution in [3.63, 3.8) is 0 Å². The van der Waals surface area contributed by atoms with Crippen molar-refractivity contribution in [2.24, 2.45) is 0 Å². The molecule has 0 radical (unpaired) electrons. The molecule has 1 fully saturated rings. The van der Waals surface area contributed by atoms with Gasteiger partial charge >= 0.3 is 5.97 Å². The molecule has 1 amide bonds. The van der Waals surface area contributed by atoms with Crippen molar-refractivity contribution in [1.82, 2.24) is 5.32 Å². The first-order valence-electron chi connectivity index (χ1n) is 11.7. The Hall–Kier alpha value is -3.39. The van der Waals surface area contributed by atoms with E-state index in [-0.39, 0.29) is 24.6 Å². The lowest BCUT2D eigenvalue weighted by atomic mass is 10.0. The molecule has 0 saturated carbocycles. The van der Waals surface area contributed by atoms with E-state index in [2.05, 4.69) is 36.3 Å². The third-order valence-electron chi connectivity index (χ3n) is 5.15. The van der Waals surface area contributed by atoms with Crippen molar-refractivity contribution in [2.75, 3.05) is 25.1 Å². The van der Waals surface area contributed by atoms with Crippen LogP contribution in [0, 0.1) is 0 Å². The van der Waals surface area contributed by atoms with Crippen LogP contribution in [0.5, 0.6) is 11.5 Å². The highest BCUT2D eigenvalue weighted by molar-refractivity contribution is 8.05. The lowest BCUT2D eigenvalue weighted by Gasteiger charge is -2.16. The molecule has 1 atom stereocenters. The van der Waals surface area contributed by atoms with Crippen LogP contribution in [0.4, 0.5) is 5.69 Å². The number of nitrogens with one attached hydrogen (secondary N) is 2. The summed E-state index contributed by atoms with van der Waals surface area (Å²) < 4.78 is 16.5. The SMILES string of the molecule is C=CCc1cc(/C=C2\S[C@H](Nc3ccc(CC)cc3)NC2=O)cc(OCC)c1OCC(=O)OCC. The van der Waals surface area contributed by atoms with E-state index in [1.54, 1.807) is 13.0 Å². The minimum atomic E-state index is -0.451. The molecule has 3 rings (SSSR count). The third kappa shape index (κ3) is 7.29. The number of hydrogen-bond acceptors (Lipinski definition) is 7. The fourth-order valence-electron chi connectivity index (χ4n) is 3.54. The molecule has 186 valence electrons. The second-order valence-electron chi connectivity index (χ2n) is 7.70. The molecule has 0 aromatic heterocycles. The van der Waals surface area contributed by atoms with Gasteiger partial charge in [0.25, 0.3) is 5.91 Å². The summed E-state index contributed by atoms with van der Waals surface area (Å²) in [6, 6.07) is 11.9. The number of carbonyl (C=O) groups is 2. The maximum atomic E-state index is 12.6. The predicted octanol–water partition coefficient (Wildman–Crippen LogP) is 4.92. The summed E-state index contributed by atoms with van der Waals surface area (Å²) in [6.07, 6.45) is 5.06. The van der Waals surface area contributed by atoms with Crippen LogP contribution < -0.4 is 20.1 Å². The number of hydrogen-bond donors (Lipinski definition) is 2. The second kappa shape index (κ2) is 12.9. The van der Waals surface area contributed by atoms with Crippen molar-refractivity contribution < 1.29 is 23.8 Å². The van der Waals surface area contributed by atoms with Crippen LogP contribution in [-0.4, -0.2) is 37.2 Å². The predicted molar refractivity (Wildman–Crippen MR) is 141 cm³/mol. The van der Waals surface area contributed by atoms with Crippen LogP contribution >= 0.6 is 11.8 Å². The maximum absolute atomic E-state index is 12.6. The normalized spacial score (nSPS) is 16.0. The number of carbonyl (C=O) groups excluding carboxylic acids is 2. The number of aryl methyl sites for hydroxylation is 1. The van der Waals surface area contributed by atoms with Crippen LogP contribution in [0.1, 0.15) is 37.5 Å². The Morgan fingerprint density at radius 1 is 1.14 bits per heavy atom. The van der Waals surface area contributed by atoms with Crippen molar-refractivity contribution in [1.29, 1.82) is 0 Å². The average Bonchev–Trinajstić information content (AvgIpc) is 3.18. The summed E-state index contributed by atoms with van der Waals surface area (Å²) >= 11 is 1.42. The third-order valence-corrected chi connectivity index (χ3v) is 6.17. The lowest BCUT2D eigenvalue weighted by molar-refractivity contribution is -0.145. The van der Waals surface area contributed by atoms with Gasteiger partial charge in [-0.15, -0.1) is 6.58 Å². The van der Waals surface area contributed by atoms with Gasteiger partial charge in [0.2, 0.25) is 0 Å². The first kappa shape index (κ1) is 26.2. The van der Waals surface area contributed by atoms with Gasteiger partial charge in [0.1, 0.15) is 0 Å². The topological polar surface area (TPSA) is 85.9 Å². The van der Waals surface area contributed by atoms with E-state index >= 15 is 0 Å². The van der Waals surface area contributed by atoms with E-state index in [0.717, 1.165) is 23.2 Å². The van der Waals surface area contributed by atoms with Crippen LogP contribution in [0.2, 0.25) is 0 Å². The summed E-state index contributed by atoms with van der Waals surface area (Å²) in [6.45, 7) is 10.0. The number of rotatable bonds is 12. The molecule has 0 bridgehead atoms. The number of esters is 1. The minimum absolute atomic E-state index is 0.149. The number of anilines is 1. The van der Waals surface area contributed by atoms with Gasteiger partial charge in [0.05, 0.1) is 18.1 Å². The zero-order valence-electron chi connectivity index (χ0n) is 20.4. The van der Waals surface area contributed by atoms with Crippen molar-refractivity contribution in [3.8, 4) is 11.5 Å². The Kier molecular flexibility index (Phi) is 9.66. The summed E-state index contributed by atoms with van der Waals surface area (Å²) in [5, 5.41) is 6.29. The summed E-state index contributed by atoms with van der Waals surface area (Å²) in [7, 11) is 0. The summed E-state index contributed by atoms with van der Waals surface area (Å²) in [5.74, 6) is 0.369. The average molecular weight is 497 g/mol. The van der Waals surface area contributed by atoms with Gasteiger partial charge in [0.15, 0.2) is 23.6 Å². The maximum Gasteiger partial charge on any atom is 0.344 e. The van der Waals surface area contributed by atoms with Gasteiger partial charge in [0, 0.05) is 11.3 Å². The van der Waals surface area contributed by atoms with Gasteiger partial charge in [-0.2, -0.15) is 0 Å². The smallest absolute Gasteiger partial charge is 0.344 e. The highest BCUT2D eigenvalue weighted by Gasteiger charge is 2.27. The molecule has 2 aromatic rings. The van der Waals surface area contributed by atoms with E-state index in [9.17, 15) is 9.59 Å². The van der Waals surface area contributed by atoms with E-state index < -0.39 is 5.97 Å². The summed E-state index contributed by atoms with van der Waals surface area (Å²) in [4.78, 5) is 25.0. The monoisotopic (exact) mass is 496 g/mol. The van der Waals surface area contributed by atoms with Crippen LogP contribution in [0.25, 0.3) is 6.08 Å². The molecule has 2 aromatic carbocycles. The number of ether oxygens (including phenoxy) is 3. The van der Waals surface area contributed by atoms with E-state index in [1.165, 1.54) is 17.3 Å². The zero-order valence-corrected chi connectivity index (χ0v) is 21.2. The molecule has 1 aliphatic rings. The molecule has 0 spiro atoms. The van der Waals surface area contributed by atoms with Crippen molar-refractivity contribution >= 4 is 35.4 Å². The number of thioether (sulfide) groups is 1. The molecule has 0 aliphatic carbocycles. The Labute approximate surface area is 210 Å². The molecule has 35 heavy (non-hydrogen) atoms. The van der Waals surface area contributed by atoms with Gasteiger partial charge in [-0.25, -0.2) is 4.79 Å². The Morgan fingerprint density at radius 2 is 1.91 bits per heavy atom. The van der Waals surface area contributed by atoms with Gasteiger partial charge < -0.3 is 24.8 Å². The largest absolute Gasteiger partial charge is 0.490 e. The van der Waals surface area contributed by atoms with Crippen LogP contribution in [-0.2, 0) is 27.2 Å². The second-order valence-corrected chi connectivity index (χ2v) is 8.85. The number of allylic oxidation sites excluding steroid dienone is 1. The van der Waals surface area contributed by atoms with E-state index in [1.807, 2.05) is 37.3 Å². The van der Waals surface area contributed by atoms with Crippen molar-refractivity contribution in [3.05, 3.63) is 70.6 Å². The molecule has 1 heterocycles. The Bertz CT molecular complexity index is 1080. The van der Waals surface area contributed by atoms with Crippen LogP contribution in [0.15, 0.2) is 54.0 Å². The standard InChI is InChI=1S/C27H32N2O5S/c1-5-9-20-14-19(15-22(32-7-3)25(20)34-17-24(30)33-8-4)16-23-26(31)29-27(35-23)28-21-12-10-18(6-2)11-13-21/h5,10-16,27-28H,1,6-9,17H2,2-4H3,(H,29,31)/b23-16-/t27-/m1/s1. The highest BCUT2D eigenvalue weighted by atomic mass is 32.2. The fourth-order valence-corrected chi connectivity index (χ4v) is 4.52. The summed E-state index contributed by atoms with van der Waals surface area (Å²) in [5.41, 5.74) is 3.52. The van der Waals surface area contributed by atoms with Gasteiger partial charge in [-0.1, -0.05) is 36.9 Å². The molecule has 2 N–H and O–H groups in total. The Balaban J connectivity index is 1.81. The molecule has 1 saturated heterocycles. The van der Waals surface area contributed by atoms with Gasteiger partial charge in [-0.3, -0.25) is 4.79 Å². The number of amides is 1.